The number of carbonyl (C=O) groups excluding carboxylic acids is 1. The molecular weight excluding hydrogens is 291 g/mol. The van der Waals surface area contributed by atoms with Crippen molar-refractivity contribution in [2.75, 3.05) is 6.54 Å². The van der Waals surface area contributed by atoms with Gasteiger partial charge in [0, 0.05) is 34.6 Å². The minimum atomic E-state index is -0.334. The zero-order valence-electron chi connectivity index (χ0n) is 12.6. The van der Waals surface area contributed by atoms with E-state index < -0.39 is 0 Å². The number of fused-ring (bicyclic) bond motifs is 1. The van der Waals surface area contributed by atoms with E-state index in [9.17, 15) is 9.18 Å². The number of hydrogen-bond acceptors (Lipinski definition) is 1. The second-order valence-electron chi connectivity index (χ2n) is 6.22. The summed E-state index contributed by atoms with van der Waals surface area (Å²) in [7, 11) is 0. The Hall–Kier alpha value is -2.62. The summed E-state index contributed by atoms with van der Waals surface area (Å²) in [5.41, 5.74) is 2.90. The first-order chi connectivity index (χ1) is 11.2. The fraction of sp³-hybridized carbons (Fsp3) is 0.211. The van der Waals surface area contributed by atoms with Gasteiger partial charge in [0.25, 0.3) is 5.91 Å². The fourth-order valence-electron chi connectivity index (χ4n) is 3.16. The second-order valence-corrected chi connectivity index (χ2v) is 6.22. The minimum absolute atomic E-state index is 0.0231. The molecule has 0 saturated heterocycles. The van der Waals surface area contributed by atoms with E-state index in [2.05, 4.69) is 28.6 Å². The van der Waals surface area contributed by atoms with Gasteiger partial charge in [0.1, 0.15) is 5.82 Å². The molecule has 1 saturated carbocycles. The molecule has 0 atom stereocenters. The number of nitrogens with one attached hydrogen (secondary N) is 2. The van der Waals surface area contributed by atoms with Gasteiger partial charge in [0.05, 0.1) is 0 Å². The first-order valence-corrected chi connectivity index (χ1v) is 7.78. The van der Waals surface area contributed by atoms with Crippen molar-refractivity contribution in [3.63, 3.8) is 0 Å². The van der Waals surface area contributed by atoms with E-state index in [4.69, 9.17) is 0 Å². The Balaban J connectivity index is 1.52. The van der Waals surface area contributed by atoms with Crippen LogP contribution in [0.2, 0.25) is 0 Å². The van der Waals surface area contributed by atoms with Crippen LogP contribution in [-0.2, 0) is 5.41 Å². The fourth-order valence-corrected chi connectivity index (χ4v) is 3.16. The molecule has 0 bridgehead atoms. The zero-order chi connectivity index (χ0) is 15.9. The number of carbonyl (C=O) groups is 1. The van der Waals surface area contributed by atoms with Crippen LogP contribution in [0.15, 0.2) is 54.7 Å². The average molecular weight is 308 g/mol. The Morgan fingerprint density at radius 3 is 2.61 bits per heavy atom. The van der Waals surface area contributed by atoms with Crippen molar-refractivity contribution < 1.29 is 9.18 Å². The van der Waals surface area contributed by atoms with Crippen LogP contribution < -0.4 is 5.32 Å². The standard InChI is InChI=1S/C19H17FN2O/c20-14-7-5-13(6-8-14)18(23)22-12-19(9-10-19)16-11-21-17-4-2-1-3-15(16)17/h1-8,11,21H,9-10,12H2,(H,22,23). The molecule has 0 unspecified atom stereocenters. The minimum Gasteiger partial charge on any atom is -0.361 e. The maximum Gasteiger partial charge on any atom is 0.251 e. The van der Waals surface area contributed by atoms with Crippen LogP contribution in [0.1, 0.15) is 28.8 Å². The van der Waals surface area contributed by atoms with Crippen molar-refractivity contribution in [3.05, 3.63) is 71.7 Å². The molecule has 1 aromatic heterocycles. The van der Waals surface area contributed by atoms with Crippen LogP contribution in [-0.4, -0.2) is 17.4 Å². The van der Waals surface area contributed by atoms with E-state index in [1.54, 1.807) is 0 Å². The van der Waals surface area contributed by atoms with Gasteiger partial charge in [-0.15, -0.1) is 0 Å². The summed E-state index contributed by atoms with van der Waals surface area (Å²) in [5, 5.41) is 4.22. The van der Waals surface area contributed by atoms with Gasteiger partial charge in [0.15, 0.2) is 0 Å². The van der Waals surface area contributed by atoms with Crippen molar-refractivity contribution in [2.24, 2.45) is 0 Å². The predicted octanol–water partition coefficient (Wildman–Crippen LogP) is 3.77. The number of H-pyrrole nitrogens is 1. The van der Waals surface area contributed by atoms with Gasteiger partial charge in [0.2, 0.25) is 0 Å². The lowest BCUT2D eigenvalue weighted by Crippen LogP contribution is -2.32. The van der Waals surface area contributed by atoms with E-state index in [1.165, 1.54) is 35.2 Å². The van der Waals surface area contributed by atoms with E-state index in [1.807, 2.05) is 12.1 Å². The number of aromatic amines is 1. The monoisotopic (exact) mass is 308 g/mol. The molecule has 0 spiro atoms. The number of halogens is 1. The van der Waals surface area contributed by atoms with Crippen molar-refractivity contribution in [3.8, 4) is 0 Å². The largest absolute Gasteiger partial charge is 0.361 e. The molecule has 23 heavy (non-hydrogen) atoms. The average Bonchev–Trinajstić information content (AvgIpc) is 3.24. The number of para-hydroxylation sites is 1. The summed E-state index contributed by atoms with van der Waals surface area (Å²) < 4.78 is 12.9. The number of hydrogen-bond donors (Lipinski definition) is 2. The zero-order valence-corrected chi connectivity index (χ0v) is 12.6. The van der Waals surface area contributed by atoms with Gasteiger partial charge in [-0.1, -0.05) is 18.2 Å². The molecule has 2 aromatic carbocycles. The third-order valence-electron chi connectivity index (χ3n) is 4.71. The first-order valence-electron chi connectivity index (χ1n) is 7.78. The van der Waals surface area contributed by atoms with Crippen LogP contribution in [0.3, 0.4) is 0 Å². The van der Waals surface area contributed by atoms with Gasteiger partial charge >= 0.3 is 0 Å². The van der Waals surface area contributed by atoms with Crippen molar-refractivity contribution >= 4 is 16.8 Å². The van der Waals surface area contributed by atoms with Crippen LogP contribution in [0.25, 0.3) is 10.9 Å². The lowest BCUT2D eigenvalue weighted by Gasteiger charge is -2.16. The molecule has 0 radical (unpaired) electrons. The molecular formula is C19H17FN2O. The molecule has 4 rings (SSSR count). The predicted molar refractivity (Wildman–Crippen MR) is 87.9 cm³/mol. The third-order valence-corrected chi connectivity index (χ3v) is 4.71. The lowest BCUT2D eigenvalue weighted by atomic mass is 9.95. The molecule has 1 fully saturated rings. The maximum atomic E-state index is 12.9. The first kappa shape index (κ1) is 14.0. The highest BCUT2D eigenvalue weighted by atomic mass is 19.1. The molecule has 4 heteroatoms. The van der Waals surface area contributed by atoms with Gasteiger partial charge in [-0.05, 0) is 48.7 Å². The van der Waals surface area contributed by atoms with Gasteiger partial charge in [-0.3, -0.25) is 4.79 Å². The molecule has 1 aliphatic rings. The Morgan fingerprint density at radius 2 is 1.87 bits per heavy atom. The SMILES string of the molecule is O=C(NCC1(c2c[nH]c3ccccc23)CC1)c1ccc(F)cc1. The number of amides is 1. The smallest absolute Gasteiger partial charge is 0.251 e. The highest BCUT2D eigenvalue weighted by Gasteiger charge is 2.45. The molecule has 116 valence electrons. The Labute approximate surface area is 133 Å². The molecule has 1 aliphatic carbocycles. The number of aromatic nitrogens is 1. The molecule has 3 aromatic rings. The molecule has 1 amide bonds. The van der Waals surface area contributed by atoms with Gasteiger partial charge in [-0.2, -0.15) is 0 Å². The third kappa shape index (κ3) is 2.50. The highest BCUT2D eigenvalue weighted by Crippen LogP contribution is 2.49. The second kappa shape index (κ2) is 5.23. The molecule has 2 N–H and O–H groups in total. The van der Waals surface area contributed by atoms with Crippen LogP contribution in [0.5, 0.6) is 0 Å². The summed E-state index contributed by atoms with van der Waals surface area (Å²) in [6.07, 6.45) is 4.19. The van der Waals surface area contributed by atoms with E-state index in [0.29, 0.717) is 12.1 Å². The van der Waals surface area contributed by atoms with Gasteiger partial charge in [-0.25, -0.2) is 4.39 Å². The van der Waals surface area contributed by atoms with Crippen molar-refractivity contribution in [1.82, 2.24) is 10.3 Å². The quantitative estimate of drug-likeness (QED) is 0.757. The van der Waals surface area contributed by atoms with E-state index in [-0.39, 0.29) is 17.1 Å². The van der Waals surface area contributed by atoms with E-state index >= 15 is 0 Å². The normalized spacial score (nSPS) is 15.5. The summed E-state index contributed by atoms with van der Waals surface area (Å²) in [6.45, 7) is 0.602. The van der Waals surface area contributed by atoms with E-state index in [0.717, 1.165) is 18.4 Å². The van der Waals surface area contributed by atoms with Gasteiger partial charge < -0.3 is 10.3 Å². The Bertz CT molecular complexity index is 862. The maximum absolute atomic E-state index is 12.9. The van der Waals surface area contributed by atoms with Crippen LogP contribution >= 0.6 is 0 Å². The highest BCUT2D eigenvalue weighted by molar-refractivity contribution is 5.94. The van der Waals surface area contributed by atoms with Crippen LogP contribution in [0, 0.1) is 5.82 Å². The summed E-state index contributed by atoms with van der Waals surface area (Å²) >= 11 is 0. The summed E-state index contributed by atoms with van der Waals surface area (Å²) in [6, 6.07) is 13.9. The molecule has 3 nitrogen and oxygen atoms in total. The Morgan fingerprint density at radius 1 is 1.13 bits per heavy atom. The summed E-state index contributed by atoms with van der Waals surface area (Å²) in [4.78, 5) is 15.5. The topological polar surface area (TPSA) is 44.9 Å². The molecule has 0 aliphatic heterocycles. The van der Waals surface area contributed by atoms with Crippen molar-refractivity contribution in [1.29, 1.82) is 0 Å². The number of benzene rings is 2. The summed E-state index contributed by atoms with van der Waals surface area (Å²) in [5.74, 6) is -0.491. The molecule has 1 heterocycles. The van der Waals surface area contributed by atoms with Crippen LogP contribution in [0.4, 0.5) is 4.39 Å². The number of rotatable bonds is 4. The lowest BCUT2D eigenvalue weighted by molar-refractivity contribution is 0.0949. The van der Waals surface area contributed by atoms with Crippen molar-refractivity contribution in [2.45, 2.75) is 18.3 Å². The Kier molecular flexibility index (Phi) is 3.18.